The van der Waals surface area contributed by atoms with Gasteiger partial charge in [0.25, 0.3) is 0 Å². The number of pyridine rings is 1. The van der Waals surface area contributed by atoms with Crippen molar-refractivity contribution in [1.82, 2.24) is 10.3 Å². The lowest BCUT2D eigenvalue weighted by Gasteiger charge is -2.28. The highest BCUT2D eigenvalue weighted by atomic mass is 16.5. The Kier molecular flexibility index (Phi) is 6.00. The Morgan fingerprint density at radius 3 is 2.81 bits per heavy atom. The Bertz CT molecular complexity index is 456. The van der Waals surface area contributed by atoms with E-state index in [9.17, 15) is 0 Å². The van der Waals surface area contributed by atoms with Crippen LogP contribution >= 0.6 is 0 Å². The standard InChI is InChI=1S/C17H29N3O/c1-5-18-11-16-13(3)10-14(4)19-17(16)20(6-2)12-15-8-7-9-21-15/h10,15,18H,5-9,11-12H2,1-4H3. The average Bonchev–Trinajstić information content (AvgIpc) is 2.96. The maximum absolute atomic E-state index is 5.80. The van der Waals surface area contributed by atoms with Gasteiger partial charge in [-0.2, -0.15) is 0 Å². The van der Waals surface area contributed by atoms with Crippen molar-refractivity contribution in [2.24, 2.45) is 0 Å². The molecule has 0 aliphatic carbocycles. The van der Waals surface area contributed by atoms with Gasteiger partial charge in [-0.1, -0.05) is 6.92 Å². The molecule has 1 atom stereocenters. The van der Waals surface area contributed by atoms with E-state index in [1.54, 1.807) is 0 Å². The van der Waals surface area contributed by atoms with Gasteiger partial charge in [0.15, 0.2) is 0 Å². The number of anilines is 1. The zero-order valence-corrected chi connectivity index (χ0v) is 13.9. The molecule has 1 aliphatic rings. The van der Waals surface area contributed by atoms with E-state index in [1.165, 1.54) is 24.0 Å². The van der Waals surface area contributed by atoms with Crippen molar-refractivity contribution in [3.63, 3.8) is 0 Å². The normalized spacial score (nSPS) is 18.2. The second-order valence-electron chi connectivity index (χ2n) is 5.84. The summed E-state index contributed by atoms with van der Waals surface area (Å²) < 4.78 is 5.80. The number of hydrogen-bond acceptors (Lipinski definition) is 4. The number of likely N-dealkylation sites (N-methyl/N-ethyl adjacent to an activating group) is 1. The topological polar surface area (TPSA) is 37.4 Å². The fourth-order valence-electron chi connectivity index (χ4n) is 2.97. The summed E-state index contributed by atoms with van der Waals surface area (Å²) in [4.78, 5) is 7.21. The van der Waals surface area contributed by atoms with E-state index in [0.717, 1.165) is 44.3 Å². The Labute approximate surface area is 128 Å². The second-order valence-corrected chi connectivity index (χ2v) is 5.84. The van der Waals surface area contributed by atoms with E-state index in [0.29, 0.717) is 6.10 Å². The summed E-state index contributed by atoms with van der Waals surface area (Å²) in [6.07, 6.45) is 2.72. The van der Waals surface area contributed by atoms with Crippen molar-refractivity contribution in [3.05, 3.63) is 22.9 Å². The van der Waals surface area contributed by atoms with Crippen molar-refractivity contribution >= 4 is 5.82 Å². The summed E-state index contributed by atoms with van der Waals surface area (Å²) in [5.41, 5.74) is 3.74. The van der Waals surface area contributed by atoms with Crippen molar-refractivity contribution in [1.29, 1.82) is 0 Å². The van der Waals surface area contributed by atoms with Gasteiger partial charge in [-0.25, -0.2) is 4.98 Å². The van der Waals surface area contributed by atoms with Crippen molar-refractivity contribution in [2.75, 3.05) is 31.1 Å². The van der Waals surface area contributed by atoms with Crippen LogP contribution in [0.15, 0.2) is 6.07 Å². The van der Waals surface area contributed by atoms with Gasteiger partial charge in [0.05, 0.1) is 6.10 Å². The van der Waals surface area contributed by atoms with Gasteiger partial charge in [0.1, 0.15) is 5.82 Å². The highest BCUT2D eigenvalue weighted by Gasteiger charge is 2.21. The highest BCUT2D eigenvalue weighted by molar-refractivity contribution is 5.51. The second kappa shape index (κ2) is 7.76. The molecule has 1 aromatic heterocycles. The third kappa shape index (κ3) is 4.17. The van der Waals surface area contributed by atoms with E-state index in [-0.39, 0.29) is 0 Å². The van der Waals surface area contributed by atoms with Crippen LogP contribution < -0.4 is 10.2 Å². The van der Waals surface area contributed by atoms with E-state index in [4.69, 9.17) is 9.72 Å². The molecule has 0 spiro atoms. The third-order valence-electron chi connectivity index (χ3n) is 4.13. The van der Waals surface area contributed by atoms with Crippen LogP contribution in [-0.4, -0.2) is 37.3 Å². The summed E-state index contributed by atoms with van der Waals surface area (Å²) in [5, 5.41) is 3.44. The van der Waals surface area contributed by atoms with Gasteiger partial charge >= 0.3 is 0 Å². The van der Waals surface area contributed by atoms with Gasteiger partial charge in [0, 0.05) is 37.5 Å². The van der Waals surface area contributed by atoms with Crippen molar-refractivity contribution < 1.29 is 4.74 Å². The zero-order chi connectivity index (χ0) is 15.2. The molecule has 2 heterocycles. The number of ether oxygens (including phenoxy) is 1. The molecule has 0 aromatic carbocycles. The Morgan fingerprint density at radius 1 is 1.38 bits per heavy atom. The van der Waals surface area contributed by atoms with Crippen LogP contribution in [0.2, 0.25) is 0 Å². The average molecular weight is 291 g/mol. The molecule has 0 radical (unpaired) electrons. The molecule has 0 bridgehead atoms. The summed E-state index contributed by atoms with van der Waals surface area (Å²) in [6, 6.07) is 2.18. The Morgan fingerprint density at radius 2 is 2.19 bits per heavy atom. The first-order valence-electron chi connectivity index (χ1n) is 8.20. The van der Waals surface area contributed by atoms with E-state index in [1.807, 2.05) is 0 Å². The number of nitrogens with one attached hydrogen (secondary N) is 1. The summed E-state index contributed by atoms with van der Waals surface area (Å²) in [6.45, 7) is 13.3. The summed E-state index contributed by atoms with van der Waals surface area (Å²) in [7, 11) is 0. The largest absolute Gasteiger partial charge is 0.376 e. The fraction of sp³-hybridized carbons (Fsp3) is 0.706. The highest BCUT2D eigenvalue weighted by Crippen LogP contribution is 2.24. The molecular weight excluding hydrogens is 262 g/mol. The SMILES string of the molecule is CCNCc1c(C)cc(C)nc1N(CC)CC1CCCO1. The number of hydrogen-bond donors (Lipinski definition) is 1. The van der Waals surface area contributed by atoms with Crippen LogP contribution in [0.25, 0.3) is 0 Å². The van der Waals surface area contributed by atoms with Gasteiger partial charge in [-0.3, -0.25) is 0 Å². The summed E-state index contributed by atoms with van der Waals surface area (Å²) >= 11 is 0. The molecular formula is C17H29N3O. The van der Waals surface area contributed by atoms with Crippen LogP contribution in [0.1, 0.15) is 43.5 Å². The van der Waals surface area contributed by atoms with Gasteiger partial charge in [-0.15, -0.1) is 0 Å². The van der Waals surface area contributed by atoms with Gasteiger partial charge in [-0.05, 0) is 51.8 Å². The summed E-state index contributed by atoms with van der Waals surface area (Å²) in [5.74, 6) is 1.13. The van der Waals surface area contributed by atoms with E-state index < -0.39 is 0 Å². The molecule has 1 N–H and O–H groups in total. The predicted octanol–water partition coefficient (Wildman–Crippen LogP) is 2.81. The maximum atomic E-state index is 5.80. The molecule has 1 saturated heterocycles. The smallest absolute Gasteiger partial charge is 0.133 e. The number of aromatic nitrogens is 1. The maximum Gasteiger partial charge on any atom is 0.133 e. The van der Waals surface area contributed by atoms with Crippen LogP contribution in [0.5, 0.6) is 0 Å². The minimum Gasteiger partial charge on any atom is -0.376 e. The first-order valence-corrected chi connectivity index (χ1v) is 8.20. The molecule has 1 unspecified atom stereocenters. The molecule has 118 valence electrons. The molecule has 1 aliphatic heterocycles. The Balaban J connectivity index is 2.24. The lowest BCUT2D eigenvalue weighted by atomic mass is 10.1. The molecule has 21 heavy (non-hydrogen) atoms. The molecule has 4 nitrogen and oxygen atoms in total. The monoisotopic (exact) mass is 291 g/mol. The first-order chi connectivity index (χ1) is 10.2. The van der Waals surface area contributed by atoms with Crippen LogP contribution in [0.3, 0.4) is 0 Å². The minimum absolute atomic E-state index is 0.361. The molecule has 1 aromatic rings. The van der Waals surface area contributed by atoms with Gasteiger partial charge < -0.3 is 15.0 Å². The van der Waals surface area contributed by atoms with Crippen molar-refractivity contribution in [3.8, 4) is 0 Å². The van der Waals surface area contributed by atoms with Crippen LogP contribution in [0.4, 0.5) is 5.82 Å². The lowest BCUT2D eigenvalue weighted by Crippen LogP contribution is -2.34. The van der Waals surface area contributed by atoms with Crippen molar-refractivity contribution in [2.45, 2.75) is 53.2 Å². The lowest BCUT2D eigenvalue weighted by molar-refractivity contribution is 0.115. The predicted molar refractivity (Wildman–Crippen MR) is 88.0 cm³/mol. The molecule has 2 rings (SSSR count). The van der Waals surface area contributed by atoms with Gasteiger partial charge in [0.2, 0.25) is 0 Å². The molecule has 0 amide bonds. The first kappa shape index (κ1) is 16.2. The number of nitrogens with zero attached hydrogens (tertiary/aromatic N) is 2. The van der Waals surface area contributed by atoms with Crippen LogP contribution in [0, 0.1) is 13.8 Å². The minimum atomic E-state index is 0.361. The van der Waals surface area contributed by atoms with E-state index >= 15 is 0 Å². The molecule has 4 heteroatoms. The number of rotatable bonds is 7. The van der Waals surface area contributed by atoms with Crippen LogP contribution in [-0.2, 0) is 11.3 Å². The third-order valence-corrected chi connectivity index (χ3v) is 4.13. The molecule has 1 fully saturated rings. The fourth-order valence-corrected chi connectivity index (χ4v) is 2.97. The quantitative estimate of drug-likeness (QED) is 0.838. The van der Waals surface area contributed by atoms with E-state index in [2.05, 4.69) is 44.0 Å². The Hall–Kier alpha value is -1.13. The molecule has 0 saturated carbocycles. The number of aryl methyl sites for hydroxylation is 2. The zero-order valence-electron chi connectivity index (χ0n) is 13.9.